The molecular weight excluding hydrogens is 236 g/mol. The molecule has 0 fully saturated rings. The Hall–Kier alpha value is -2.20. The molecule has 1 aromatic carbocycles. The summed E-state index contributed by atoms with van der Waals surface area (Å²) in [7, 11) is 1.96. The van der Waals surface area contributed by atoms with Crippen LogP contribution in [0.1, 0.15) is 11.1 Å². The number of nitrogens with zero attached hydrogens (tertiary/aromatic N) is 2. The second kappa shape index (κ2) is 4.82. The molecule has 0 atom stereocenters. The summed E-state index contributed by atoms with van der Waals surface area (Å²) in [6, 6.07) is 8.47. The third-order valence-electron chi connectivity index (χ3n) is 3.34. The van der Waals surface area contributed by atoms with Gasteiger partial charge in [0.2, 0.25) is 0 Å². The second-order valence-electron chi connectivity index (χ2n) is 4.63. The first-order chi connectivity index (χ1) is 9.29. The van der Waals surface area contributed by atoms with Crippen LogP contribution in [-0.2, 0) is 6.54 Å². The first-order valence-electron chi connectivity index (χ1n) is 6.32. The molecule has 0 spiro atoms. The number of aromatic nitrogens is 3. The Balaban J connectivity index is 2.11. The first kappa shape index (κ1) is 11.9. The van der Waals surface area contributed by atoms with Gasteiger partial charge in [-0.25, -0.2) is 9.97 Å². The van der Waals surface area contributed by atoms with Gasteiger partial charge in [0.25, 0.3) is 0 Å². The number of fused-ring (bicyclic) bond motifs is 1. The molecule has 0 bridgehead atoms. The van der Waals surface area contributed by atoms with Crippen LogP contribution in [0.15, 0.2) is 36.8 Å². The summed E-state index contributed by atoms with van der Waals surface area (Å²) in [4.78, 5) is 11.8. The van der Waals surface area contributed by atoms with Crippen molar-refractivity contribution in [3.8, 4) is 11.3 Å². The highest BCUT2D eigenvalue weighted by Gasteiger charge is 2.08. The maximum atomic E-state index is 4.42. The molecule has 0 aliphatic heterocycles. The topological polar surface area (TPSA) is 53.6 Å². The smallest absolute Gasteiger partial charge is 0.141 e. The van der Waals surface area contributed by atoms with Crippen molar-refractivity contribution in [3.63, 3.8) is 0 Å². The van der Waals surface area contributed by atoms with Gasteiger partial charge in [-0.15, -0.1) is 0 Å². The normalized spacial score (nSPS) is 11.1. The van der Waals surface area contributed by atoms with Crippen LogP contribution in [0.5, 0.6) is 0 Å². The predicted molar refractivity (Wildman–Crippen MR) is 76.8 cm³/mol. The lowest BCUT2D eigenvalue weighted by Gasteiger charge is -2.08. The maximum absolute atomic E-state index is 4.42. The highest BCUT2D eigenvalue weighted by molar-refractivity contribution is 5.90. The van der Waals surface area contributed by atoms with E-state index in [2.05, 4.69) is 45.4 Å². The minimum Gasteiger partial charge on any atom is -0.346 e. The quantitative estimate of drug-likeness (QED) is 0.753. The van der Waals surface area contributed by atoms with E-state index >= 15 is 0 Å². The summed E-state index contributed by atoms with van der Waals surface area (Å²) in [5.74, 6) is 0. The van der Waals surface area contributed by atoms with Gasteiger partial charge in [-0.3, -0.25) is 0 Å². The Morgan fingerprint density at radius 3 is 2.89 bits per heavy atom. The number of hydrogen-bond acceptors (Lipinski definition) is 3. The zero-order valence-electron chi connectivity index (χ0n) is 11.1. The van der Waals surface area contributed by atoms with Crippen LogP contribution in [0, 0.1) is 6.92 Å². The van der Waals surface area contributed by atoms with Crippen molar-refractivity contribution >= 4 is 11.0 Å². The molecule has 0 radical (unpaired) electrons. The lowest BCUT2D eigenvalue weighted by molar-refractivity contribution is 0.812. The van der Waals surface area contributed by atoms with Crippen LogP contribution in [-0.4, -0.2) is 22.0 Å². The molecule has 2 N–H and O–H groups in total. The Morgan fingerprint density at radius 1 is 1.21 bits per heavy atom. The van der Waals surface area contributed by atoms with Gasteiger partial charge in [0.05, 0.1) is 5.69 Å². The predicted octanol–water partition coefficient (Wildman–Crippen LogP) is 2.65. The zero-order chi connectivity index (χ0) is 13.2. The molecule has 4 nitrogen and oxygen atoms in total. The minimum absolute atomic E-state index is 0.877. The fraction of sp³-hybridized carbons (Fsp3) is 0.200. The summed E-state index contributed by atoms with van der Waals surface area (Å²) in [5, 5.41) is 4.24. The van der Waals surface area contributed by atoms with E-state index in [1.54, 1.807) is 6.33 Å². The molecule has 0 aliphatic rings. The highest BCUT2D eigenvalue weighted by atomic mass is 14.9. The number of benzene rings is 1. The first-order valence-corrected chi connectivity index (χ1v) is 6.32. The summed E-state index contributed by atoms with van der Waals surface area (Å²) in [6.07, 6.45) is 3.50. The maximum Gasteiger partial charge on any atom is 0.141 e. The molecule has 19 heavy (non-hydrogen) atoms. The van der Waals surface area contributed by atoms with Crippen molar-refractivity contribution in [3.05, 3.63) is 47.9 Å². The average Bonchev–Trinajstić information content (AvgIpc) is 2.89. The zero-order valence-corrected chi connectivity index (χ0v) is 11.1. The standard InChI is InChI=1S/C15H16N4/c1-10-7-11(3-4-12(10)8-16-2)14-13-5-6-17-15(13)19-9-18-14/h3-7,9,16H,8H2,1-2H3,(H,17,18,19). The second-order valence-corrected chi connectivity index (χ2v) is 4.63. The van der Waals surface area contributed by atoms with Gasteiger partial charge in [0.15, 0.2) is 0 Å². The van der Waals surface area contributed by atoms with E-state index in [0.717, 1.165) is 28.8 Å². The van der Waals surface area contributed by atoms with Crippen molar-refractivity contribution in [2.45, 2.75) is 13.5 Å². The monoisotopic (exact) mass is 252 g/mol. The molecule has 0 saturated carbocycles. The van der Waals surface area contributed by atoms with Crippen LogP contribution >= 0.6 is 0 Å². The van der Waals surface area contributed by atoms with Gasteiger partial charge < -0.3 is 10.3 Å². The summed E-state index contributed by atoms with van der Waals surface area (Å²) in [6.45, 7) is 3.02. The van der Waals surface area contributed by atoms with Crippen LogP contribution in [0.2, 0.25) is 0 Å². The fourth-order valence-corrected chi connectivity index (χ4v) is 2.33. The van der Waals surface area contributed by atoms with E-state index in [1.807, 2.05) is 19.3 Å². The van der Waals surface area contributed by atoms with E-state index in [4.69, 9.17) is 0 Å². The number of rotatable bonds is 3. The van der Waals surface area contributed by atoms with Crippen molar-refractivity contribution in [1.29, 1.82) is 0 Å². The van der Waals surface area contributed by atoms with Gasteiger partial charge in [-0.05, 0) is 37.2 Å². The number of aryl methyl sites for hydroxylation is 1. The number of nitrogens with one attached hydrogen (secondary N) is 2. The van der Waals surface area contributed by atoms with Crippen LogP contribution in [0.4, 0.5) is 0 Å². The molecule has 2 aromatic heterocycles. The van der Waals surface area contributed by atoms with Crippen molar-refractivity contribution < 1.29 is 0 Å². The molecule has 96 valence electrons. The van der Waals surface area contributed by atoms with Gasteiger partial charge in [-0.1, -0.05) is 12.1 Å². The lowest BCUT2D eigenvalue weighted by Crippen LogP contribution is -2.06. The van der Waals surface area contributed by atoms with Gasteiger partial charge in [-0.2, -0.15) is 0 Å². The van der Waals surface area contributed by atoms with E-state index in [0.29, 0.717) is 0 Å². The van der Waals surface area contributed by atoms with Gasteiger partial charge in [0, 0.05) is 23.7 Å². The van der Waals surface area contributed by atoms with Gasteiger partial charge >= 0.3 is 0 Å². The van der Waals surface area contributed by atoms with E-state index in [9.17, 15) is 0 Å². The summed E-state index contributed by atoms with van der Waals surface area (Å²) >= 11 is 0. The number of aromatic amines is 1. The molecule has 0 saturated heterocycles. The van der Waals surface area contributed by atoms with E-state index in [1.165, 1.54) is 11.1 Å². The van der Waals surface area contributed by atoms with Crippen molar-refractivity contribution in [2.24, 2.45) is 0 Å². The molecule has 0 amide bonds. The van der Waals surface area contributed by atoms with Gasteiger partial charge in [0.1, 0.15) is 12.0 Å². The Morgan fingerprint density at radius 2 is 2.11 bits per heavy atom. The van der Waals surface area contributed by atoms with Crippen molar-refractivity contribution in [2.75, 3.05) is 7.05 Å². The van der Waals surface area contributed by atoms with Crippen LogP contribution in [0.3, 0.4) is 0 Å². The fourth-order valence-electron chi connectivity index (χ4n) is 2.33. The molecule has 3 rings (SSSR count). The molecule has 3 aromatic rings. The Labute approximate surface area is 111 Å². The van der Waals surface area contributed by atoms with Crippen LogP contribution < -0.4 is 5.32 Å². The third-order valence-corrected chi connectivity index (χ3v) is 3.34. The SMILES string of the molecule is CNCc1ccc(-c2ncnc3[nH]ccc23)cc1C. The minimum atomic E-state index is 0.877. The Kier molecular flexibility index (Phi) is 3.01. The van der Waals surface area contributed by atoms with Crippen LogP contribution in [0.25, 0.3) is 22.3 Å². The Bertz CT molecular complexity index is 715. The third kappa shape index (κ3) is 2.11. The van der Waals surface area contributed by atoms with E-state index in [-0.39, 0.29) is 0 Å². The molecule has 2 heterocycles. The lowest BCUT2D eigenvalue weighted by atomic mass is 10.0. The average molecular weight is 252 g/mol. The highest BCUT2D eigenvalue weighted by Crippen LogP contribution is 2.26. The largest absolute Gasteiger partial charge is 0.346 e. The van der Waals surface area contributed by atoms with E-state index < -0.39 is 0 Å². The molecule has 4 heteroatoms. The number of hydrogen-bond donors (Lipinski definition) is 2. The number of H-pyrrole nitrogens is 1. The molecular formula is C15H16N4. The molecule has 0 aliphatic carbocycles. The summed E-state index contributed by atoms with van der Waals surface area (Å²) < 4.78 is 0. The van der Waals surface area contributed by atoms with Crippen molar-refractivity contribution in [1.82, 2.24) is 20.3 Å². The summed E-state index contributed by atoms with van der Waals surface area (Å²) in [5.41, 5.74) is 5.57. The molecule has 0 unspecified atom stereocenters.